The number of hydrogen-bond donors (Lipinski definition) is 1. The summed E-state index contributed by atoms with van der Waals surface area (Å²) in [6, 6.07) is 14.3. The van der Waals surface area contributed by atoms with Crippen molar-refractivity contribution in [2.75, 3.05) is 20.2 Å². The maximum absolute atomic E-state index is 12.7. The van der Waals surface area contributed by atoms with Gasteiger partial charge in [0.25, 0.3) is 5.91 Å². The van der Waals surface area contributed by atoms with Gasteiger partial charge < -0.3 is 19.7 Å². The van der Waals surface area contributed by atoms with Gasteiger partial charge in [-0.2, -0.15) is 0 Å². The molecule has 1 N–H and O–H groups in total. The van der Waals surface area contributed by atoms with Crippen LogP contribution < -0.4 is 14.8 Å². The van der Waals surface area contributed by atoms with Crippen molar-refractivity contribution < 1.29 is 19.1 Å². The third-order valence-corrected chi connectivity index (χ3v) is 5.15. The Labute approximate surface area is 178 Å². The molecule has 0 fully saturated rings. The number of benzene rings is 2. The lowest BCUT2D eigenvalue weighted by molar-refractivity contribution is -0.132. The highest BCUT2D eigenvalue weighted by atomic mass is 16.6. The molecule has 1 aliphatic heterocycles. The summed E-state index contributed by atoms with van der Waals surface area (Å²) in [7, 11) is 1.70. The van der Waals surface area contributed by atoms with E-state index in [-0.39, 0.29) is 23.3 Å². The van der Waals surface area contributed by atoms with Crippen LogP contribution in [0, 0.1) is 0 Å². The second-order valence-corrected chi connectivity index (χ2v) is 8.74. The molecule has 2 atom stereocenters. The Kier molecular flexibility index (Phi) is 6.34. The summed E-state index contributed by atoms with van der Waals surface area (Å²) in [5.41, 5.74) is 1.71. The first-order chi connectivity index (χ1) is 14.1. The maximum Gasteiger partial charge on any atom is 0.251 e. The van der Waals surface area contributed by atoms with Gasteiger partial charge in [-0.3, -0.25) is 9.59 Å². The molecule has 0 saturated heterocycles. The largest absolute Gasteiger partial charge is 0.486 e. The van der Waals surface area contributed by atoms with E-state index in [0.29, 0.717) is 30.2 Å². The first-order valence-corrected chi connectivity index (χ1v) is 10.2. The minimum Gasteiger partial charge on any atom is -0.486 e. The summed E-state index contributed by atoms with van der Waals surface area (Å²) in [5, 5.41) is 2.79. The number of nitrogens with one attached hydrogen (secondary N) is 1. The zero-order chi connectivity index (χ0) is 21.9. The molecule has 6 nitrogen and oxygen atoms in total. The molecule has 2 amide bonds. The Morgan fingerprint density at radius 3 is 2.37 bits per heavy atom. The molecule has 0 bridgehead atoms. The SMILES string of the molecule is CC(NC(=O)c1ccc(C(C)(C)C)cc1)C(=O)N(C)CC1COc2ccccc2O1. The number of hydrogen-bond acceptors (Lipinski definition) is 4. The fourth-order valence-corrected chi connectivity index (χ4v) is 3.34. The number of amides is 2. The lowest BCUT2D eigenvalue weighted by Crippen LogP contribution is -2.49. The van der Waals surface area contributed by atoms with Crippen LogP contribution >= 0.6 is 0 Å². The zero-order valence-corrected chi connectivity index (χ0v) is 18.3. The molecule has 0 spiro atoms. The topological polar surface area (TPSA) is 67.9 Å². The van der Waals surface area contributed by atoms with Gasteiger partial charge in [0.2, 0.25) is 5.91 Å². The molecule has 3 rings (SSSR count). The Bertz CT molecular complexity index is 902. The molecule has 6 heteroatoms. The van der Waals surface area contributed by atoms with Crippen molar-refractivity contribution in [2.45, 2.75) is 45.3 Å². The lowest BCUT2D eigenvalue weighted by Gasteiger charge is -2.30. The minimum atomic E-state index is -0.651. The van der Waals surface area contributed by atoms with E-state index in [0.717, 1.165) is 5.56 Å². The highest BCUT2D eigenvalue weighted by Gasteiger charge is 2.26. The van der Waals surface area contributed by atoms with Gasteiger partial charge in [-0.25, -0.2) is 0 Å². The first kappa shape index (κ1) is 21.7. The van der Waals surface area contributed by atoms with Crippen LogP contribution in [0.2, 0.25) is 0 Å². The quantitative estimate of drug-likeness (QED) is 0.820. The third kappa shape index (κ3) is 5.12. The second-order valence-electron chi connectivity index (χ2n) is 8.74. The van der Waals surface area contributed by atoms with Crippen molar-refractivity contribution in [3.05, 3.63) is 59.7 Å². The van der Waals surface area contributed by atoms with Gasteiger partial charge in [-0.05, 0) is 42.2 Å². The summed E-state index contributed by atoms with van der Waals surface area (Å²) in [5.74, 6) is 0.934. The van der Waals surface area contributed by atoms with Crippen LogP contribution in [0.1, 0.15) is 43.6 Å². The van der Waals surface area contributed by atoms with Crippen molar-refractivity contribution in [2.24, 2.45) is 0 Å². The van der Waals surface area contributed by atoms with Gasteiger partial charge in [0.05, 0.1) is 6.54 Å². The number of rotatable bonds is 5. The number of likely N-dealkylation sites (N-methyl/N-ethyl adjacent to an activating group) is 1. The van der Waals surface area contributed by atoms with E-state index in [1.54, 1.807) is 31.0 Å². The molecule has 160 valence electrons. The van der Waals surface area contributed by atoms with Gasteiger partial charge in [-0.15, -0.1) is 0 Å². The van der Waals surface area contributed by atoms with E-state index in [4.69, 9.17) is 9.47 Å². The van der Waals surface area contributed by atoms with E-state index >= 15 is 0 Å². The van der Waals surface area contributed by atoms with Gasteiger partial charge in [0, 0.05) is 12.6 Å². The van der Waals surface area contributed by atoms with Crippen molar-refractivity contribution in [1.29, 1.82) is 0 Å². The molecule has 0 aliphatic carbocycles. The van der Waals surface area contributed by atoms with Crippen molar-refractivity contribution in [1.82, 2.24) is 10.2 Å². The number of nitrogens with zero attached hydrogens (tertiary/aromatic N) is 1. The zero-order valence-electron chi connectivity index (χ0n) is 18.3. The summed E-state index contributed by atoms with van der Waals surface area (Å²) in [4.78, 5) is 26.8. The van der Waals surface area contributed by atoms with Crippen LogP contribution in [0.15, 0.2) is 48.5 Å². The molecule has 0 aromatic heterocycles. The van der Waals surface area contributed by atoms with Crippen LogP contribution in [0.4, 0.5) is 0 Å². The molecule has 0 saturated carbocycles. The van der Waals surface area contributed by atoms with E-state index < -0.39 is 6.04 Å². The molecule has 1 heterocycles. The number of para-hydroxylation sites is 2. The highest BCUT2D eigenvalue weighted by molar-refractivity contribution is 5.97. The van der Waals surface area contributed by atoms with E-state index in [1.165, 1.54) is 0 Å². The van der Waals surface area contributed by atoms with Crippen LogP contribution in [-0.2, 0) is 10.2 Å². The molecule has 0 radical (unpaired) electrons. The molecular weight excluding hydrogens is 380 g/mol. The standard InChI is InChI=1S/C24H30N2O4/c1-16(25-22(27)17-10-12-18(13-11-17)24(2,3)4)23(28)26(5)14-19-15-29-20-8-6-7-9-21(20)30-19/h6-13,16,19H,14-15H2,1-5H3,(H,25,27). The van der Waals surface area contributed by atoms with Crippen LogP contribution in [0.5, 0.6) is 11.5 Å². The lowest BCUT2D eigenvalue weighted by atomic mass is 9.86. The third-order valence-electron chi connectivity index (χ3n) is 5.15. The monoisotopic (exact) mass is 410 g/mol. The molecule has 2 aromatic carbocycles. The first-order valence-electron chi connectivity index (χ1n) is 10.2. The Hall–Kier alpha value is -3.02. The smallest absolute Gasteiger partial charge is 0.251 e. The van der Waals surface area contributed by atoms with E-state index in [9.17, 15) is 9.59 Å². The van der Waals surface area contributed by atoms with Gasteiger partial charge in [0.1, 0.15) is 12.6 Å². The fourth-order valence-electron chi connectivity index (χ4n) is 3.34. The van der Waals surface area contributed by atoms with Crippen LogP contribution in [-0.4, -0.2) is 49.1 Å². The highest BCUT2D eigenvalue weighted by Crippen LogP contribution is 2.31. The molecule has 30 heavy (non-hydrogen) atoms. The average molecular weight is 411 g/mol. The van der Waals surface area contributed by atoms with Gasteiger partial charge in [-0.1, -0.05) is 45.0 Å². The van der Waals surface area contributed by atoms with Crippen LogP contribution in [0.3, 0.4) is 0 Å². The normalized spacial score (nSPS) is 16.5. The van der Waals surface area contributed by atoms with Gasteiger partial charge in [0.15, 0.2) is 17.6 Å². The second kappa shape index (κ2) is 8.78. The summed E-state index contributed by atoms with van der Waals surface area (Å²) >= 11 is 0. The molecular formula is C24H30N2O4. The Balaban J connectivity index is 1.54. The van der Waals surface area contributed by atoms with Crippen LogP contribution in [0.25, 0.3) is 0 Å². The number of carbonyl (C=O) groups is 2. The predicted octanol–water partition coefficient (Wildman–Crippen LogP) is 3.40. The van der Waals surface area contributed by atoms with Crippen molar-refractivity contribution in [3.8, 4) is 11.5 Å². The number of fused-ring (bicyclic) bond motifs is 1. The molecule has 1 aliphatic rings. The number of carbonyl (C=O) groups excluding carboxylic acids is 2. The molecule has 2 unspecified atom stereocenters. The summed E-state index contributed by atoms with van der Waals surface area (Å²) in [6.07, 6.45) is -0.262. The Morgan fingerprint density at radius 2 is 1.73 bits per heavy atom. The van der Waals surface area contributed by atoms with E-state index in [1.807, 2.05) is 36.4 Å². The molecule has 2 aromatic rings. The van der Waals surface area contributed by atoms with Crippen molar-refractivity contribution in [3.63, 3.8) is 0 Å². The Morgan fingerprint density at radius 1 is 1.10 bits per heavy atom. The van der Waals surface area contributed by atoms with E-state index in [2.05, 4.69) is 26.1 Å². The van der Waals surface area contributed by atoms with Gasteiger partial charge >= 0.3 is 0 Å². The predicted molar refractivity (Wildman–Crippen MR) is 116 cm³/mol. The summed E-state index contributed by atoms with van der Waals surface area (Å²) in [6.45, 7) is 8.80. The summed E-state index contributed by atoms with van der Waals surface area (Å²) < 4.78 is 11.6. The number of ether oxygens (including phenoxy) is 2. The fraction of sp³-hybridized carbons (Fsp3) is 0.417. The average Bonchev–Trinajstić information content (AvgIpc) is 2.72. The van der Waals surface area contributed by atoms with Crippen molar-refractivity contribution >= 4 is 11.8 Å². The maximum atomic E-state index is 12.7. The minimum absolute atomic E-state index is 0.0202.